The fourth-order valence-corrected chi connectivity index (χ4v) is 1.17. The molecule has 0 radical (unpaired) electrons. The molecule has 2 nitrogen and oxygen atoms in total. The molecule has 0 aliphatic rings. The van der Waals surface area contributed by atoms with E-state index in [1.54, 1.807) is 14.2 Å². The van der Waals surface area contributed by atoms with Crippen LogP contribution in [0.1, 0.15) is 0 Å². The lowest BCUT2D eigenvalue weighted by Gasteiger charge is -2.07. The van der Waals surface area contributed by atoms with Crippen LogP contribution in [0.4, 0.5) is 0 Å². The van der Waals surface area contributed by atoms with Crippen molar-refractivity contribution in [3.8, 4) is 0 Å². The van der Waals surface area contributed by atoms with Gasteiger partial charge in [0.2, 0.25) is 0 Å². The van der Waals surface area contributed by atoms with Crippen LogP contribution in [0, 0.1) is 0 Å². The number of hydrogen-bond acceptors (Lipinski definition) is 2. The third-order valence-electron chi connectivity index (χ3n) is 0.670. The van der Waals surface area contributed by atoms with Gasteiger partial charge in [0.15, 0.2) is 0 Å². The molecule has 5 heteroatoms. The highest BCUT2D eigenvalue weighted by Gasteiger charge is 2.22. The molecule has 0 spiro atoms. The molecule has 0 aromatic rings. The second-order valence-electron chi connectivity index (χ2n) is 1.17. The van der Waals surface area contributed by atoms with E-state index in [-0.39, 0.29) is 10.8 Å². The Morgan fingerprint density at radius 2 is 1.62 bits per heavy atom. The Labute approximate surface area is 66.3 Å². The molecule has 0 unspecified atom stereocenters. The number of alkyl halides is 2. The lowest BCUT2D eigenvalue weighted by molar-refractivity contribution is 0.283. The predicted molar refractivity (Wildman–Crippen MR) is 41.4 cm³/mol. The normalized spacial score (nSPS) is 10.1. The summed E-state index contributed by atoms with van der Waals surface area (Å²) in [6, 6.07) is 0. The van der Waals surface area contributed by atoms with Crippen molar-refractivity contribution >= 4 is 39.0 Å². The average Bonchev–Trinajstić information content (AvgIpc) is 1.69. The van der Waals surface area contributed by atoms with Crippen molar-refractivity contribution in [2.75, 3.05) is 14.2 Å². The largest absolute Gasteiger partial charge is 0.482 e. The first kappa shape index (κ1) is 8.94. The highest BCUT2D eigenvalue weighted by atomic mass is 79.9. The van der Waals surface area contributed by atoms with Crippen molar-refractivity contribution in [1.29, 1.82) is 0 Å². The molecule has 0 rings (SSSR count). The maximum atomic E-state index is 4.84. The summed E-state index contributed by atoms with van der Waals surface area (Å²) >= 11 is 6.46. The van der Waals surface area contributed by atoms with Gasteiger partial charge in [-0.1, -0.05) is 31.9 Å². The zero-order valence-corrected chi connectivity index (χ0v) is 7.90. The summed E-state index contributed by atoms with van der Waals surface area (Å²) in [5.41, 5.74) is 0. The average molecular weight is 246 g/mol. The summed E-state index contributed by atoms with van der Waals surface area (Å²) < 4.78 is 9.75. The molecular formula is C3H7BBr2O2. The lowest BCUT2D eigenvalue weighted by Crippen LogP contribution is -2.26. The molecule has 0 bridgehead atoms. The van der Waals surface area contributed by atoms with Gasteiger partial charge in [-0.05, 0) is 0 Å². The van der Waals surface area contributed by atoms with Gasteiger partial charge in [0.05, 0.1) is 0 Å². The van der Waals surface area contributed by atoms with Crippen LogP contribution in [0.25, 0.3) is 0 Å². The molecule has 0 saturated carbocycles. The molecule has 0 aromatic heterocycles. The molecule has 8 heavy (non-hydrogen) atoms. The zero-order chi connectivity index (χ0) is 6.57. The first-order valence-electron chi connectivity index (χ1n) is 2.06. The minimum Gasteiger partial charge on any atom is -0.413 e. The highest BCUT2D eigenvalue weighted by molar-refractivity contribution is 9.25. The maximum absolute atomic E-state index is 4.84. The van der Waals surface area contributed by atoms with Crippen LogP contribution in [0.3, 0.4) is 0 Å². The summed E-state index contributed by atoms with van der Waals surface area (Å²) in [6.07, 6.45) is 0. The van der Waals surface area contributed by atoms with Crippen LogP contribution in [-0.4, -0.2) is 25.0 Å². The van der Waals surface area contributed by atoms with E-state index in [1.807, 2.05) is 0 Å². The van der Waals surface area contributed by atoms with Crippen molar-refractivity contribution in [2.24, 2.45) is 0 Å². The molecule has 48 valence electrons. The summed E-state index contributed by atoms with van der Waals surface area (Å²) in [5, 5.41) is 0. The van der Waals surface area contributed by atoms with E-state index in [9.17, 15) is 0 Å². The van der Waals surface area contributed by atoms with Gasteiger partial charge in [-0.25, -0.2) is 0 Å². The molecule has 0 heterocycles. The molecule has 0 aliphatic carbocycles. The van der Waals surface area contributed by atoms with E-state index < -0.39 is 0 Å². The van der Waals surface area contributed by atoms with E-state index >= 15 is 0 Å². The van der Waals surface area contributed by atoms with Gasteiger partial charge in [-0.3, -0.25) is 0 Å². The second-order valence-corrected chi connectivity index (χ2v) is 4.38. The van der Waals surface area contributed by atoms with Gasteiger partial charge < -0.3 is 9.31 Å². The molecule has 0 aliphatic heterocycles. The molecule has 0 atom stereocenters. The van der Waals surface area contributed by atoms with E-state index in [2.05, 4.69) is 31.9 Å². The first-order chi connectivity index (χ1) is 3.72. The standard InChI is InChI=1S/C3H7BBr2O2/c1-7-4(8-2)3(5)6/h3H,1-2H3. The topological polar surface area (TPSA) is 18.5 Å². The van der Waals surface area contributed by atoms with E-state index in [1.165, 1.54) is 0 Å². The van der Waals surface area contributed by atoms with Crippen molar-refractivity contribution < 1.29 is 9.31 Å². The second kappa shape index (κ2) is 4.79. The Balaban J connectivity index is 3.35. The number of hydrogen-bond donors (Lipinski definition) is 0. The van der Waals surface area contributed by atoms with Gasteiger partial charge in [0, 0.05) is 14.2 Å². The van der Waals surface area contributed by atoms with Crippen molar-refractivity contribution in [1.82, 2.24) is 0 Å². The molecule has 0 N–H and O–H groups in total. The molecule has 0 fully saturated rings. The Hall–Kier alpha value is 0.945. The summed E-state index contributed by atoms with van der Waals surface area (Å²) in [4.78, 5) is 0. The zero-order valence-electron chi connectivity index (χ0n) is 4.73. The summed E-state index contributed by atoms with van der Waals surface area (Å²) in [5.74, 6) is 0. The summed E-state index contributed by atoms with van der Waals surface area (Å²) in [7, 11) is 2.96. The highest BCUT2D eigenvalue weighted by Crippen LogP contribution is 2.12. The van der Waals surface area contributed by atoms with Crippen LogP contribution in [-0.2, 0) is 9.31 Å². The lowest BCUT2D eigenvalue weighted by atomic mass is 9.96. The fourth-order valence-electron chi connectivity index (χ4n) is 0.302. The molecule has 0 saturated heterocycles. The van der Waals surface area contributed by atoms with Gasteiger partial charge in [0.25, 0.3) is 0 Å². The number of rotatable bonds is 3. The van der Waals surface area contributed by atoms with Gasteiger partial charge in [-0.15, -0.1) is 0 Å². The van der Waals surface area contributed by atoms with Crippen LogP contribution < -0.4 is 0 Å². The predicted octanol–water partition coefficient (Wildman–Crippen LogP) is 1.42. The third-order valence-corrected chi connectivity index (χ3v) is 1.53. The van der Waals surface area contributed by atoms with Gasteiger partial charge in [0.1, 0.15) is 3.64 Å². The van der Waals surface area contributed by atoms with Crippen LogP contribution in [0.15, 0.2) is 0 Å². The van der Waals surface area contributed by atoms with E-state index in [4.69, 9.17) is 9.31 Å². The Morgan fingerprint density at radius 1 is 1.25 bits per heavy atom. The van der Waals surface area contributed by atoms with Crippen molar-refractivity contribution in [2.45, 2.75) is 3.64 Å². The molecular weight excluding hydrogens is 239 g/mol. The SMILES string of the molecule is COB(OC)C(Br)Br. The van der Waals surface area contributed by atoms with Crippen LogP contribution >= 0.6 is 31.9 Å². The van der Waals surface area contributed by atoms with Gasteiger partial charge >= 0.3 is 7.12 Å². The maximum Gasteiger partial charge on any atom is 0.482 e. The van der Waals surface area contributed by atoms with Crippen LogP contribution in [0.2, 0.25) is 0 Å². The Kier molecular flexibility index (Phi) is 5.36. The Bertz CT molecular complexity index is 57.2. The number of halogens is 2. The molecule has 0 aromatic carbocycles. The third kappa shape index (κ3) is 3.07. The minimum absolute atomic E-state index is 0.0602. The van der Waals surface area contributed by atoms with Crippen LogP contribution in [0.5, 0.6) is 0 Å². The first-order valence-corrected chi connectivity index (χ1v) is 3.89. The fraction of sp³-hybridized carbons (Fsp3) is 1.00. The quantitative estimate of drug-likeness (QED) is 0.553. The van der Waals surface area contributed by atoms with Crippen molar-refractivity contribution in [3.05, 3.63) is 0 Å². The monoisotopic (exact) mass is 244 g/mol. The van der Waals surface area contributed by atoms with Crippen molar-refractivity contribution in [3.63, 3.8) is 0 Å². The smallest absolute Gasteiger partial charge is 0.413 e. The molecule has 0 amide bonds. The van der Waals surface area contributed by atoms with Gasteiger partial charge in [-0.2, -0.15) is 0 Å². The van der Waals surface area contributed by atoms with E-state index in [0.717, 1.165) is 0 Å². The minimum atomic E-state index is -0.213. The summed E-state index contributed by atoms with van der Waals surface area (Å²) in [6.45, 7) is 0. The van der Waals surface area contributed by atoms with E-state index in [0.29, 0.717) is 0 Å². The Morgan fingerprint density at radius 3 is 1.62 bits per heavy atom.